The van der Waals surface area contributed by atoms with Gasteiger partial charge in [-0.1, -0.05) is 36.4 Å². The van der Waals surface area contributed by atoms with E-state index in [2.05, 4.69) is 15.3 Å². The third-order valence-corrected chi connectivity index (χ3v) is 3.50. The minimum absolute atomic E-state index is 0.0457. The van der Waals surface area contributed by atoms with Crippen molar-refractivity contribution >= 4 is 11.6 Å². The van der Waals surface area contributed by atoms with E-state index in [-0.39, 0.29) is 5.75 Å². The number of hydrogen-bond acceptors (Lipinski definition) is 4. The van der Waals surface area contributed by atoms with Crippen molar-refractivity contribution in [3.63, 3.8) is 0 Å². The van der Waals surface area contributed by atoms with E-state index in [1.54, 1.807) is 0 Å². The van der Waals surface area contributed by atoms with Crippen LogP contribution >= 0.6 is 0 Å². The second-order valence-electron chi connectivity index (χ2n) is 5.52. The lowest BCUT2D eigenvalue weighted by molar-refractivity contribution is -0.137. The summed E-state index contributed by atoms with van der Waals surface area (Å²) < 4.78 is 43.1. The second kappa shape index (κ2) is 7.86. The molecule has 3 rings (SSSR count). The summed E-state index contributed by atoms with van der Waals surface area (Å²) in [5.41, 5.74) is 0.348. The normalized spacial score (nSPS) is 11.1. The van der Waals surface area contributed by atoms with Crippen molar-refractivity contribution in [3.8, 4) is 17.1 Å². The fourth-order valence-electron chi connectivity index (χ4n) is 2.24. The molecule has 1 aromatic heterocycles. The number of nitrogens with zero attached hydrogens (tertiary/aromatic N) is 2. The number of halogens is 3. The average Bonchev–Trinajstić information content (AvgIpc) is 2.67. The first-order valence-electron chi connectivity index (χ1n) is 7.89. The number of nitrogens with one attached hydrogen (secondary N) is 1. The molecule has 1 amide bonds. The van der Waals surface area contributed by atoms with Crippen LogP contribution in [0.1, 0.15) is 5.56 Å². The molecule has 0 aliphatic rings. The molecule has 0 aliphatic heterocycles. The Morgan fingerprint density at radius 2 is 1.70 bits per heavy atom. The molecule has 0 radical (unpaired) electrons. The van der Waals surface area contributed by atoms with Crippen LogP contribution in [-0.2, 0) is 11.0 Å². The maximum absolute atomic E-state index is 12.7. The van der Waals surface area contributed by atoms with E-state index in [4.69, 9.17) is 4.74 Å². The molecule has 2 aromatic carbocycles. The first-order valence-corrected chi connectivity index (χ1v) is 7.89. The van der Waals surface area contributed by atoms with Crippen molar-refractivity contribution in [2.75, 3.05) is 11.9 Å². The molecule has 0 atom stereocenters. The van der Waals surface area contributed by atoms with E-state index in [1.807, 2.05) is 30.3 Å². The molecular formula is C19H14F3N3O2. The summed E-state index contributed by atoms with van der Waals surface area (Å²) in [5.74, 6) is -0.0760. The Labute approximate surface area is 152 Å². The zero-order valence-corrected chi connectivity index (χ0v) is 13.9. The first-order chi connectivity index (χ1) is 12.9. The molecule has 3 aromatic rings. The van der Waals surface area contributed by atoms with Crippen LogP contribution in [0.25, 0.3) is 11.4 Å². The topological polar surface area (TPSA) is 64.1 Å². The molecule has 0 saturated heterocycles. The number of benzene rings is 2. The van der Waals surface area contributed by atoms with Gasteiger partial charge in [-0.05, 0) is 18.2 Å². The minimum Gasteiger partial charge on any atom is -0.484 e. The van der Waals surface area contributed by atoms with Gasteiger partial charge in [0, 0.05) is 5.56 Å². The maximum Gasteiger partial charge on any atom is 0.416 e. The van der Waals surface area contributed by atoms with Crippen LogP contribution in [0, 0.1) is 0 Å². The van der Waals surface area contributed by atoms with Crippen molar-refractivity contribution in [1.82, 2.24) is 9.97 Å². The van der Waals surface area contributed by atoms with Gasteiger partial charge in [0.1, 0.15) is 5.75 Å². The van der Waals surface area contributed by atoms with E-state index in [0.717, 1.165) is 17.7 Å². The molecule has 0 aliphatic carbocycles. The van der Waals surface area contributed by atoms with Crippen molar-refractivity contribution in [2.24, 2.45) is 0 Å². The number of aromatic nitrogens is 2. The quantitative estimate of drug-likeness (QED) is 0.729. The molecular weight excluding hydrogens is 359 g/mol. The van der Waals surface area contributed by atoms with E-state index < -0.39 is 24.3 Å². The van der Waals surface area contributed by atoms with Crippen LogP contribution in [0.15, 0.2) is 67.0 Å². The molecule has 0 saturated carbocycles. The van der Waals surface area contributed by atoms with E-state index in [1.165, 1.54) is 24.5 Å². The highest BCUT2D eigenvalue weighted by Gasteiger charge is 2.30. The number of alkyl halides is 3. The monoisotopic (exact) mass is 373 g/mol. The number of ether oxygens (including phenoxy) is 1. The summed E-state index contributed by atoms with van der Waals surface area (Å²) in [6.07, 6.45) is -1.59. The smallest absolute Gasteiger partial charge is 0.416 e. The summed E-state index contributed by atoms with van der Waals surface area (Å²) in [4.78, 5) is 20.2. The predicted octanol–water partition coefficient (Wildman–Crippen LogP) is 4.18. The van der Waals surface area contributed by atoms with Crippen molar-refractivity contribution < 1.29 is 22.7 Å². The molecule has 0 bridgehead atoms. The largest absolute Gasteiger partial charge is 0.484 e. The highest BCUT2D eigenvalue weighted by molar-refractivity contribution is 5.91. The summed E-state index contributed by atoms with van der Waals surface area (Å²) in [6.45, 7) is -0.443. The molecule has 0 spiro atoms. The maximum atomic E-state index is 12.7. The standard InChI is InChI=1S/C19H14F3N3O2/c20-19(21,22)14-7-4-8-16(9-14)27-12-17(26)25-15-10-23-18(24-11-15)13-5-2-1-3-6-13/h1-11H,12H2,(H,25,26). The van der Waals surface area contributed by atoms with Gasteiger partial charge in [0.2, 0.25) is 0 Å². The molecule has 1 N–H and O–H groups in total. The number of hydrogen-bond donors (Lipinski definition) is 1. The van der Waals surface area contributed by atoms with Gasteiger partial charge in [0.05, 0.1) is 23.6 Å². The first kappa shape index (κ1) is 18.4. The van der Waals surface area contributed by atoms with Gasteiger partial charge >= 0.3 is 6.18 Å². The SMILES string of the molecule is O=C(COc1cccc(C(F)(F)F)c1)Nc1cnc(-c2ccccc2)nc1. The summed E-state index contributed by atoms with van der Waals surface area (Å²) in [6, 6.07) is 13.6. The number of carbonyl (C=O) groups is 1. The van der Waals surface area contributed by atoms with Gasteiger partial charge in [0.25, 0.3) is 5.91 Å². The molecule has 27 heavy (non-hydrogen) atoms. The third-order valence-electron chi connectivity index (χ3n) is 3.50. The van der Waals surface area contributed by atoms with Gasteiger partial charge in [-0.15, -0.1) is 0 Å². The van der Waals surface area contributed by atoms with Crippen LogP contribution in [0.3, 0.4) is 0 Å². The fraction of sp³-hybridized carbons (Fsp3) is 0.105. The van der Waals surface area contributed by atoms with Crippen LogP contribution < -0.4 is 10.1 Å². The molecule has 0 fully saturated rings. The molecule has 0 unspecified atom stereocenters. The van der Waals surface area contributed by atoms with Crippen molar-refractivity contribution in [3.05, 3.63) is 72.6 Å². The van der Waals surface area contributed by atoms with Gasteiger partial charge in [0.15, 0.2) is 12.4 Å². The fourth-order valence-corrected chi connectivity index (χ4v) is 2.24. The number of carbonyl (C=O) groups excluding carboxylic acids is 1. The Morgan fingerprint density at radius 3 is 2.37 bits per heavy atom. The van der Waals surface area contributed by atoms with E-state index in [0.29, 0.717) is 11.5 Å². The average molecular weight is 373 g/mol. The Bertz CT molecular complexity index is 913. The number of rotatable bonds is 5. The third kappa shape index (κ3) is 5.04. The zero-order valence-electron chi connectivity index (χ0n) is 13.9. The molecule has 138 valence electrons. The second-order valence-corrected chi connectivity index (χ2v) is 5.52. The lowest BCUT2D eigenvalue weighted by atomic mass is 10.2. The van der Waals surface area contributed by atoms with Crippen molar-refractivity contribution in [2.45, 2.75) is 6.18 Å². The Kier molecular flexibility index (Phi) is 5.35. The molecule has 8 heteroatoms. The lowest BCUT2D eigenvalue weighted by Crippen LogP contribution is -2.20. The van der Waals surface area contributed by atoms with Crippen LogP contribution in [0.4, 0.5) is 18.9 Å². The van der Waals surface area contributed by atoms with Gasteiger partial charge in [-0.2, -0.15) is 13.2 Å². The van der Waals surface area contributed by atoms with Gasteiger partial charge in [-0.3, -0.25) is 4.79 Å². The number of anilines is 1. The van der Waals surface area contributed by atoms with E-state index >= 15 is 0 Å². The van der Waals surface area contributed by atoms with Crippen LogP contribution in [0.5, 0.6) is 5.75 Å². The highest BCUT2D eigenvalue weighted by atomic mass is 19.4. The summed E-state index contributed by atoms with van der Waals surface area (Å²) in [5, 5.41) is 2.52. The molecule has 5 nitrogen and oxygen atoms in total. The van der Waals surface area contributed by atoms with Crippen molar-refractivity contribution in [1.29, 1.82) is 0 Å². The highest BCUT2D eigenvalue weighted by Crippen LogP contribution is 2.31. The zero-order chi connectivity index (χ0) is 19.3. The van der Waals surface area contributed by atoms with Gasteiger partial charge in [-0.25, -0.2) is 9.97 Å². The summed E-state index contributed by atoms with van der Waals surface area (Å²) in [7, 11) is 0. The van der Waals surface area contributed by atoms with E-state index in [9.17, 15) is 18.0 Å². The van der Waals surface area contributed by atoms with Crippen LogP contribution in [-0.4, -0.2) is 22.5 Å². The number of amides is 1. The summed E-state index contributed by atoms with van der Waals surface area (Å²) >= 11 is 0. The predicted molar refractivity (Wildman–Crippen MR) is 93.0 cm³/mol. The van der Waals surface area contributed by atoms with Gasteiger partial charge < -0.3 is 10.1 Å². The Morgan fingerprint density at radius 1 is 1.00 bits per heavy atom. The minimum atomic E-state index is -4.47. The Hall–Kier alpha value is -3.42. The van der Waals surface area contributed by atoms with Crippen LogP contribution in [0.2, 0.25) is 0 Å². The lowest BCUT2D eigenvalue weighted by Gasteiger charge is -2.10. The molecule has 1 heterocycles. The Balaban J connectivity index is 1.57.